The second kappa shape index (κ2) is 11.3. The molecule has 0 fully saturated rings. The normalized spacial score (nSPS) is 16.9. The summed E-state index contributed by atoms with van der Waals surface area (Å²) < 4.78 is 11.3. The molecule has 0 saturated heterocycles. The van der Waals surface area contributed by atoms with Gasteiger partial charge in [-0.2, -0.15) is 0 Å². The number of amides is 2. The zero-order chi connectivity index (χ0) is 24.8. The van der Waals surface area contributed by atoms with Crippen LogP contribution < -0.4 is 20.5 Å². The Morgan fingerprint density at radius 3 is 2.49 bits per heavy atom. The van der Waals surface area contributed by atoms with Crippen molar-refractivity contribution in [2.24, 2.45) is 11.7 Å². The summed E-state index contributed by atoms with van der Waals surface area (Å²) in [5.74, 6) is -0.520. The van der Waals surface area contributed by atoms with E-state index in [-0.39, 0.29) is 12.5 Å². The van der Waals surface area contributed by atoms with Crippen LogP contribution in [0.15, 0.2) is 83.8 Å². The molecule has 0 saturated carbocycles. The highest BCUT2D eigenvalue weighted by molar-refractivity contribution is 8.03. The Balaban J connectivity index is 1.46. The van der Waals surface area contributed by atoms with E-state index in [0.717, 1.165) is 16.0 Å². The first-order valence-corrected chi connectivity index (χ1v) is 12.3. The molecular formula is C27H25ClN2O4S. The van der Waals surface area contributed by atoms with Gasteiger partial charge in [0, 0.05) is 22.6 Å². The molecule has 1 aliphatic rings. The van der Waals surface area contributed by atoms with Crippen molar-refractivity contribution in [3.8, 4) is 11.5 Å². The van der Waals surface area contributed by atoms with Gasteiger partial charge in [-0.15, -0.1) is 11.8 Å². The zero-order valence-electron chi connectivity index (χ0n) is 19.1. The van der Waals surface area contributed by atoms with Gasteiger partial charge in [-0.3, -0.25) is 9.59 Å². The molecule has 3 aromatic rings. The van der Waals surface area contributed by atoms with Crippen molar-refractivity contribution < 1.29 is 19.1 Å². The fourth-order valence-corrected chi connectivity index (χ4v) is 5.24. The maximum absolute atomic E-state index is 13.1. The quantitative estimate of drug-likeness (QED) is 0.426. The predicted octanol–water partition coefficient (Wildman–Crippen LogP) is 4.96. The number of nitrogens with two attached hydrogens (primary N) is 1. The fraction of sp³-hybridized carbons (Fsp3) is 0.185. The highest BCUT2D eigenvalue weighted by Gasteiger charge is 2.33. The van der Waals surface area contributed by atoms with Crippen LogP contribution in [0.2, 0.25) is 5.02 Å². The molecule has 2 amide bonds. The van der Waals surface area contributed by atoms with E-state index >= 15 is 0 Å². The van der Waals surface area contributed by atoms with Gasteiger partial charge in [0.15, 0.2) is 11.5 Å². The number of thioether (sulfide) groups is 1. The Kier molecular flexibility index (Phi) is 8.00. The van der Waals surface area contributed by atoms with Crippen LogP contribution in [0.4, 0.5) is 0 Å². The average molecular weight is 509 g/mol. The maximum Gasteiger partial charge on any atom is 0.252 e. The van der Waals surface area contributed by atoms with Gasteiger partial charge in [0.1, 0.15) is 6.61 Å². The Labute approximate surface area is 213 Å². The minimum Gasteiger partial charge on any atom is -0.493 e. The highest BCUT2D eigenvalue weighted by Crippen LogP contribution is 2.37. The molecule has 8 heteroatoms. The second-order valence-electron chi connectivity index (χ2n) is 7.98. The summed E-state index contributed by atoms with van der Waals surface area (Å²) in [5, 5.41) is 3.04. The van der Waals surface area contributed by atoms with Gasteiger partial charge in [0.25, 0.3) is 5.91 Å². The lowest BCUT2D eigenvalue weighted by molar-refractivity contribution is -0.120. The Morgan fingerprint density at radius 2 is 1.77 bits per heavy atom. The number of hydrogen-bond acceptors (Lipinski definition) is 5. The topological polar surface area (TPSA) is 90.6 Å². The number of benzene rings is 3. The molecule has 1 heterocycles. The third kappa shape index (κ3) is 6.18. The molecule has 4 rings (SSSR count). The molecule has 180 valence electrons. The minimum atomic E-state index is -0.600. The summed E-state index contributed by atoms with van der Waals surface area (Å²) in [6, 6.07) is 22.2. The van der Waals surface area contributed by atoms with E-state index in [1.165, 1.54) is 18.9 Å². The third-order valence-electron chi connectivity index (χ3n) is 5.56. The van der Waals surface area contributed by atoms with Crippen LogP contribution in [-0.4, -0.2) is 24.3 Å². The molecule has 6 nitrogen and oxygen atoms in total. The zero-order valence-corrected chi connectivity index (χ0v) is 20.6. The molecule has 0 aliphatic carbocycles. The summed E-state index contributed by atoms with van der Waals surface area (Å²) >= 11 is 7.67. The number of methoxy groups -OCH3 is 1. The molecule has 2 unspecified atom stereocenters. The van der Waals surface area contributed by atoms with E-state index in [4.69, 9.17) is 26.8 Å². The van der Waals surface area contributed by atoms with Crippen molar-refractivity contribution in [3.05, 3.63) is 105 Å². The van der Waals surface area contributed by atoms with E-state index in [9.17, 15) is 9.59 Å². The van der Waals surface area contributed by atoms with E-state index in [2.05, 4.69) is 5.32 Å². The van der Waals surface area contributed by atoms with Crippen LogP contribution in [-0.2, 0) is 17.8 Å². The molecule has 0 spiro atoms. The number of carbonyl (C=O) groups excluding carboxylic acids is 2. The monoisotopic (exact) mass is 508 g/mol. The maximum atomic E-state index is 13.1. The third-order valence-corrected chi connectivity index (χ3v) is 7.18. The van der Waals surface area contributed by atoms with Gasteiger partial charge in [-0.25, -0.2) is 0 Å². The smallest absolute Gasteiger partial charge is 0.252 e. The lowest BCUT2D eigenvalue weighted by atomic mass is 10.1. The SMILES string of the molecule is COc1ccc(C(=O)NC2SC(Cc3ccccc3)=CC2C(N)=O)cc1OCc1ccccc1Cl. The van der Waals surface area contributed by atoms with Crippen LogP contribution in [0.1, 0.15) is 21.5 Å². The number of primary amides is 1. The summed E-state index contributed by atoms with van der Waals surface area (Å²) in [6.45, 7) is 0.218. The number of nitrogens with one attached hydrogen (secondary N) is 1. The van der Waals surface area contributed by atoms with Crippen molar-refractivity contribution in [3.63, 3.8) is 0 Å². The Hall–Kier alpha value is -3.42. The number of halogens is 1. The molecule has 1 aliphatic heterocycles. The summed E-state index contributed by atoms with van der Waals surface area (Å²) in [4.78, 5) is 26.2. The van der Waals surface area contributed by atoms with Crippen molar-refractivity contribution in [1.29, 1.82) is 0 Å². The van der Waals surface area contributed by atoms with E-state index in [0.29, 0.717) is 28.5 Å². The molecule has 35 heavy (non-hydrogen) atoms. The minimum absolute atomic E-state index is 0.218. The van der Waals surface area contributed by atoms with E-state index < -0.39 is 17.2 Å². The summed E-state index contributed by atoms with van der Waals surface area (Å²) in [7, 11) is 1.53. The van der Waals surface area contributed by atoms with E-state index in [1.807, 2.05) is 54.6 Å². The van der Waals surface area contributed by atoms with Crippen molar-refractivity contribution in [2.45, 2.75) is 18.4 Å². The van der Waals surface area contributed by atoms with Crippen LogP contribution in [0.5, 0.6) is 11.5 Å². The molecule has 3 N–H and O–H groups in total. The molecule has 0 radical (unpaired) electrons. The van der Waals surface area contributed by atoms with Crippen molar-refractivity contribution in [2.75, 3.05) is 7.11 Å². The molecular weight excluding hydrogens is 484 g/mol. The number of carbonyl (C=O) groups is 2. The Morgan fingerprint density at radius 1 is 1.03 bits per heavy atom. The number of hydrogen-bond donors (Lipinski definition) is 2. The lowest BCUT2D eigenvalue weighted by Gasteiger charge is -2.18. The van der Waals surface area contributed by atoms with Gasteiger partial charge in [-0.1, -0.05) is 66.2 Å². The first-order chi connectivity index (χ1) is 16.9. The first kappa shape index (κ1) is 24.7. The van der Waals surface area contributed by atoms with Gasteiger partial charge >= 0.3 is 0 Å². The molecule has 0 bridgehead atoms. The van der Waals surface area contributed by atoms with Crippen LogP contribution >= 0.6 is 23.4 Å². The lowest BCUT2D eigenvalue weighted by Crippen LogP contribution is -2.40. The predicted molar refractivity (Wildman–Crippen MR) is 139 cm³/mol. The number of allylic oxidation sites excluding steroid dienone is 1. The van der Waals surface area contributed by atoms with Gasteiger partial charge in [-0.05, 0) is 34.7 Å². The summed E-state index contributed by atoms with van der Waals surface area (Å²) in [5.41, 5.74) is 7.94. The van der Waals surface area contributed by atoms with Crippen LogP contribution in [0.3, 0.4) is 0 Å². The first-order valence-electron chi connectivity index (χ1n) is 11.0. The molecule has 3 aromatic carbocycles. The van der Waals surface area contributed by atoms with Crippen LogP contribution in [0.25, 0.3) is 0 Å². The highest BCUT2D eigenvalue weighted by atomic mass is 35.5. The fourth-order valence-electron chi connectivity index (χ4n) is 3.73. The summed E-state index contributed by atoms with van der Waals surface area (Å²) in [6.07, 6.45) is 2.52. The molecule has 2 atom stereocenters. The van der Waals surface area contributed by atoms with Gasteiger partial charge in [0.05, 0.1) is 18.4 Å². The van der Waals surface area contributed by atoms with Gasteiger partial charge in [0.2, 0.25) is 5.91 Å². The van der Waals surface area contributed by atoms with Crippen LogP contribution in [0, 0.1) is 5.92 Å². The van der Waals surface area contributed by atoms with Crippen molar-refractivity contribution >= 4 is 35.2 Å². The van der Waals surface area contributed by atoms with E-state index in [1.54, 1.807) is 24.3 Å². The van der Waals surface area contributed by atoms with Crippen molar-refractivity contribution in [1.82, 2.24) is 5.32 Å². The number of rotatable bonds is 9. The molecule has 0 aromatic heterocycles. The largest absolute Gasteiger partial charge is 0.493 e. The number of ether oxygens (including phenoxy) is 2. The average Bonchev–Trinajstić information content (AvgIpc) is 3.26. The Bertz CT molecular complexity index is 1250. The standard InChI is InChI=1S/C27H25ClN2O4S/c1-33-23-12-11-18(14-24(23)34-16-19-9-5-6-10-22(19)28)26(32)30-27-21(25(29)31)15-20(35-27)13-17-7-3-2-4-8-17/h2-12,14-15,21,27H,13,16H2,1H3,(H2,29,31)(H,30,32). The second-order valence-corrected chi connectivity index (χ2v) is 9.66. The van der Waals surface area contributed by atoms with Gasteiger partial charge < -0.3 is 20.5 Å².